The van der Waals surface area contributed by atoms with Crippen molar-refractivity contribution in [2.45, 2.75) is 0 Å². The zero-order valence-electron chi connectivity index (χ0n) is 24.4. The summed E-state index contributed by atoms with van der Waals surface area (Å²) >= 11 is 0. The molecule has 2 aromatic heterocycles. The highest BCUT2D eigenvalue weighted by Crippen LogP contribution is 2.44. The lowest BCUT2D eigenvalue weighted by molar-refractivity contribution is 0.664. The fourth-order valence-electron chi connectivity index (χ4n) is 6.48. The molecule has 0 unspecified atom stereocenters. The van der Waals surface area contributed by atoms with E-state index >= 15 is 0 Å². The molecule has 0 aliphatic rings. The predicted octanol–water partition coefficient (Wildman–Crippen LogP) is 12.3. The summed E-state index contributed by atoms with van der Waals surface area (Å²) in [7, 11) is 0. The largest absolute Gasteiger partial charge is 0.456 e. The number of anilines is 3. The Kier molecular flexibility index (Phi) is 5.82. The Balaban J connectivity index is 1.19. The van der Waals surface area contributed by atoms with Crippen molar-refractivity contribution >= 4 is 60.9 Å². The van der Waals surface area contributed by atoms with E-state index in [-0.39, 0.29) is 0 Å². The van der Waals surface area contributed by atoms with Crippen molar-refractivity contribution < 1.29 is 8.83 Å². The van der Waals surface area contributed by atoms with Gasteiger partial charge in [0.05, 0.1) is 5.69 Å². The van der Waals surface area contributed by atoms with E-state index in [1.54, 1.807) is 0 Å². The highest BCUT2D eigenvalue weighted by atomic mass is 16.3. The minimum Gasteiger partial charge on any atom is -0.456 e. The molecule has 3 nitrogen and oxygen atoms in total. The molecule has 0 amide bonds. The van der Waals surface area contributed by atoms with Gasteiger partial charge in [0.2, 0.25) is 0 Å². The van der Waals surface area contributed by atoms with E-state index in [0.717, 1.165) is 66.5 Å². The number of nitrogens with zero attached hydrogens (tertiary/aromatic N) is 1. The lowest BCUT2D eigenvalue weighted by atomic mass is 10.0. The number of hydrogen-bond donors (Lipinski definition) is 0. The maximum atomic E-state index is 6.74. The van der Waals surface area contributed by atoms with Crippen LogP contribution in [-0.4, -0.2) is 0 Å². The molecule has 0 spiro atoms. The minimum atomic E-state index is 0.840. The Hall–Kier alpha value is -6.06. The fraction of sp³-hybridized carbons (Fsp3) is 0. The van der Waals surface area contributed by atoms with Crippen LogP contribution in [0.3, 0.4) is 0 Å². The molecule has 2 heterocycles. The summed E-state index contributed by atoms with van der Waals surface area (Å²) in [5.41, 5.74) is 11.2. The van der Waals surface area contributed by atoms with E-state index in [1.807, 2.05) is 18.2 Å². The third kappa shape index (κ3) is 4.29. The van der Waals surface area contributed by atoms with Crippen LogP contribution in [0.4, 0.5) is 17.1 Å². The molecule has 9 aromatic rings. The Labute approximate surface area is 260 Å². The van der Waals surface area contributed by atoms with Crippen molar-refractivity contribution in [3.8, 4) is 22.3 Å². The second-order valence-electron chi connectivity index (χ2n) is 11.4. The van der Waals surface area contributed by atoms with Crippen molar-refractivity contribution in [3.63, 3.8) is 0 Å². The van der Waals surface area contributed by atoms with Gasteiger partial charge in [0, 0.05) is 32.9 Å². The maximum Gasteiger partial charge on any atom is 0.159 e. The lowest BCUT2D eigenvalue weighted by Gasteiger charge is -2.25. The monoisotopic (exact) mass is 577 g/mol. The average Bonchev–Trinajstić information content (AvgIpc) is 3.66. The first-order valence-corrected chi connectivity index (χ1v) is 15.2. The van der Waals surface area contributed by atoms with E-state index < -0.39 is 0 Å². The molecule has 7 aromatic carbocycles. The van der Waals surface area contributed by atoms with Gasteiger partial charge in [0.15, 0.2) is 5.58 Å². The van der Waals surface area contributed by atoms with Crippen LogP contribution in [0.5, 0.6) is 0 Å². The Bertz CT molecular complexity index is 2460. The zero-order valence-corrected chi connectivity index (χ0v) is 24.4. The quantitative estimate of drug-likeness (QED) is 0.204. The summed E-state index contributed by atoms with van der Waals surface area (Å²) < 4.78 is 13.2. The van der Waals surface area contributed by atoms with Crippen molar-refractivity contribution in [3.05, 3.63) is 164 Å². The number of rotatable bonds is 5. The van der Waals surface area contributed by atoms with Crippen molar-refractivity contribution in [2.24, 2.45) is 0 Å². The number of benzene rings is 7. The topological polar surface area (TPSA) is 29.5 Å². The minimum absolute atomic E-state index is 0.840. The molecule has 0 radical (unpaired) electrons. The summed E-state index contributed by atoms with van der Waals surface area (Å²) in [4.78, 5) is 2.27. The molecule has 45 heavy (non-hydrogen) atoms. The molecule has 9 rings (SSSR count). The molecule has 212 valence electrons. The molecule has 0 fully saturated rings. The Morgan fingerprint density at radius 1 is 0.333 bits per heavy atom. The predicted molar refractivity (Wildman–Crippen MR) is 187 cm³/mol. The standard InChI is InChI=1S/C42H27NO2/c1-4-11-28(12-5-1)30-19-22-33(23-20-30)43(32-15-8-3-9-16-32)38-18-10-17-35-37-27-40-36(26-41(37)45-42(35)38)34-24-21-31(25-39(34)44-40)29-13-6-2-7-14-29/h1-27H. The molecule has 0 bridgehead atoms. The second kappa shape index (κ2) is 10.3. The summed E-state index contributed by atoms with van der Waals surface area (Å²) in [6.07, 6.45) is 0. The first-order chi connectivity index (χ1) is 22.3. The smallest absolute Gasteiger partial charge is 0.159 e. The number of furan rings is 2. The number of para-hydroxylation sites is 2. The van der Waals surface area contributed by atoms with E-state index in [1.165, 1.54) is 16.7 Å². The van der Waals surface area contributed by atoms with Crippen LogP contribution in [0.25, 0.3) is 66.1 Å². The van der Waals surface area contributed by atoms with Crippen molar-refractivity contribution in [2.75, 3.05) is 4.90 Å². The van der Waals surface area contributed by atoms with Gasteiger partial charge in [-0.2, -0.15) is 0 Å². The van der Waals surface area contributed by atoms with Crippen LogP contribution < -0.4 is 4.90 Å². The van der Waals surface area contributed by atoms with Gasteiger partial charge in [-0.1, -0.05) is 109 Å². The molecule has 0 saturated carbocycles. The normalized spacial score (nSPS) is 11.6. The van der Waals surface area contributed by atoms with Crippen LogP contribution in [0.2, 0.25) is 0 Å². The lowest BCUT2D eigenvalue weighted by Crippen LogP contribution is -2.10. The molecule has 0 aliphatic heterocycles. The van der Waals surface area contributed by atoms with E-state index in [4.69, 9.17) is 8.83 Å². The number of hydrogen-bond acceptors (Lipinski definition) is 3. The SMILES string of the molecule is c1ccc(-c2ccc(N(c3ccccc3)c3cccc4c3oc3cc5c(cc34)oc3cc(-c4ccccc4)ccc35)cc2)cc1. The second-order valence-corrected chi connectivity index (χ2v) is 11.4. The van der Waals surface area contributed by atoms with Crippen LogP contribution in [0.15, 0.2) is 173 Å². The van der Waals surface area contributed by atoms with Gasteiger partial charge in [-0.15, -0.1) is 0 Å². The molecular weight excluding hydrogens is 550 g/mol. The highest BCUT2D eigenvalue weighted by Gasteiger charge is 2.20. The van der Waals surface area contributed by atoms with Crippen LogP contribution in [0, 0.1) is 0 Å². The van der Waals surface area contributed by atoms with Crippen molar-refractivity contribution in [1.82, 2.24) is 0 Å². The van der Waals surface area contributed by atoms with Gasteiger partial charge in [-0.05, 0) is 76.9 Å². The highest BCUT2D eigenvalue weighted by molar-refractivity contribution is 6.17. The molecule has 0 atom stereocenters. The van der Waals surface area contributed by atoms with Gasteiger partial charge in [-0.3, -0.25) is 0 Å². The fourth-order valence-corrected chi connectivity index (χ4v) is 6.48. The maximum absolute atomic E-state index is 6.74. The van der Waals surface area contributed by atoms with E-state index in [2.05, 4.69) is 150 Å². The Morgan fingerprint density at radius 3 is 1.58 bits per heavy atom. The molecule has 0 N–H and O–H groups in total. The van der Waals surface area contributed by atoms with Gasteiger partial charge < -0.3 is 13.7 Å². The average molecular weight is 578 g/mol. The van der Waals surface area contributed by atoms with Crippen LogP contribution >= 0.6 is 0 Å². The summed E-state index contributed by atoms with van der Waals surface area (Å²) in [6.45, 7) is 0. The first kappa shape index (κ1) is 25.4. The van der Waals surface area contributed by atoms with Crippen LogP contribution in [0.1, 0.15) is 0 Å². The molecular formula is C42H27NO2. The Morgan fingerprint density at radius 2 is 0.867 bits per heavy atom. The van der Waals surface area contributed by atoms with E-state index in [9.17, 15) is 0 Å². The van der Waals surface area contributed by atoms with Gasteiger partial charge >= 0.3 is 0 Å². The summed E-state index contributed by atoms with van der Waals surface area (Å²) in [6, 6.07) is 57.1. The summed E-state index contributed by atoms with van der Waals surface area (Å²) in [5.74, 6) is 0. The van der Waals surface area contributed by atoms with Gasteiger partial charge in [0.25, 0.3) is 0 Å². The molecule has 3 heteroatoms. The first-order valence-electron chi connectivity index (χ1n) is 15.2. The summed E-state index contributed by atoms with van der Waals surface area (Å²) in [5, 5.41) is 4.22. The van der Waals surface area contributed by atoms with Gasteiger partial charge in [-0.25, -0.2) is 0 Å². The molecule has 0 saturated heterocycles. The third-order valence-corrected chi connectivity index (χ3v) is 8.66. The van der Waals surface area contributed by atoms with Gasteiger partial charge in [0.1, 0.15) is 16.7 Å². The zero-order chi connectivity index (χ0) is 29.7. The van der Waals surface area contributed by atoms with Crippen molar-refractivity contribution in [1.29, 1.82) is 0 Å². The number of fused-ring (bicyclic) bond motifs is 6. The van der Waals surface area contributed by atoms with Crippen LogP contribution in [-0.2, 0) is 0 Å². The third-order valence-electron chi connectivity index (χ3n) is 8.66. The van der Waals surface area contributed by atoms with E-state index in [0.29, 0.717) is 0 Å². The molecule has 0 aliphatic carbocycles.